The van der Waals surface area contributed by atoms with Crippen LogP contribution in [0.5, 0.6) is 0 Å². The Balaban J connectivity index is 1.42. The van der Waals surface area contributed by atoms with E-state index in [2.05, 4.69) is 52.8 Å². The van der Waals surface area contributed by atoms with E-state index in [-0.39, 0.29) is 0 Å². The summed E-state index contributed by atoms with van der Waals surface area (Å²) in [4.78, 5) is 2.55. The maximum atomic E-state index is 5.46. The average Bonchev–Trinajstić information content (AvgIpc) is 2.64. The number of thiocarbonyl (C=S) groups is 1. The maximum Gasteiger partial charge on any atom is 0.170 e. The molecule has 3 nitrogen and oxygen atoms in total. The lowest BCUT2D eigenvalue weighted by atomic mass is 9.90. The highest BCUT2D eigenvalue weighted by molar-refractivity contribution is 7.80. The van der Waals surface area contributed by atoms with Crippen molar-refractivity contribution in [2.24, 2.45) is 5.92 Å². The number of nitrogens with zero attached hydrogens (tertiary/aromatic N) is 1. The maximum absolute atomic E-state index is 5.46. The SMILES string of the molecule is CC(NC(=S)Nc1ccccc1)C1CCN(Cc2ccccc2)CC1. The molecule has 0 saturated carbocycles. The molecule has 0 amide bonds. The van der Waals surface area contributed by atoms with E-state index in [1.165, 1.54) is 18.4 Å². The summed E-state index contributed by atoms with van der Waals surface area (Å²) < 4.78 is 0. The molecule has 1 aliphatic heterocycles. The molecule has 4 heteroatoms. The zero-order chi connectivity index (χ0) is 17.5. The molecule has 0 aliphatic carbocycles. The first-order valence-corrected chi connectivity index (χ1v) is 9.50. The lowest BCUT2D eigenvalue weighted by Crippen LogP contribution is -2.45. The van der Waals surface area contributed by atoms with Crippen molar-refractivity contribution in [3.05, 3.63) is 66.2 Å². The minimum atomic E-state index is 0.391. The van der Waals surface area contributed by atoms with Crippen LogP contribution in [0.25, 0.3) is 0 Å². The highest BCUT2D eigenvalue weighted by atomic mass is 32.1. The minimum Gasteiger partial charge on any atom is -0.360 e. The Morgan fingerprint density at radius 2 is 1.64 bits per heavy atom. The van der Waals surface area contributed by atoms with E-state index < -0.39 is 0 Å². The molecule has 0 radical (unpaired) electrons. The van der Waals surface area contributed by atoms with Crippen molar-refractivity contribution in [2.75, 3.05) is 18.4 Å². The van der Waals surface area contributed by atoms with Crippen molar-refractivity contribution in [3.8, 4) is 0 Å². The van der Waals surface area contributed by atoms with E-state index >= 15 is 0 Å². The van der Waals surface area contributed by atoms with Crippen LogP contribution >= 0.6 is 12.2 Å². The molecule has 3 rings (SSSR count). The summed E-state index contributed by atoms with van der Waals surface area (Å²) in [6.45, 7) is 5.62. The van der Waals surface area contributed by atoms with E-state index in [0.717, 1.165) is 25.3 Å². The summed E-state index contributed by atoms with van der Waals surface area (Å²) in [5.74, 6) is 0.669. The summed E-state index contributed by atoms with van der Waals surface area (Å²) in [6.07, 6.45) is 2.43. The Kier molecular flexibility index (Phi) is 6.42. The van der Waals surface area contributed by atoms with Gasteiger partial charge in [-0.2, -0.15) is 0 Å². The molecule has 1 heterocycles. The highest BCUT2D eigenvalue weighted by Gasteiger charge is 2.24. The van der Waals surface area contributed by atoms with Crippen molar-refractivity contribution < 1.29 is 0 Å². The summed E-state index contributed by atoms with van der Waals surface area (Å²) in [5, 5.41) is 7.44. The molecule has 0 aromatic heterocycles. The van der Waals surface area contributed by atoms with E-state index in [9.17, 15) is 0 Å². The Morgan fingerprint density at radius 3 is 2.28 bits per heavy atom. The fourth-order valence-corrected chi connectivity index (χ4v) is 3.77. The fraction of sp³-hybridized carbons (Fsp3) is 0.381. The lowest BCUT2D eigenvalue weighted by Gasteiger charge is -2.35. The van der Waals surface area contributed by atoms with Gasteiger partial charge in [-0.3, -0.25) is 4.90 Å². The van der Waals surface area contributed by atoms with Gasteiger partial charge in [0.2, 0.25) is 0 Å². The van der Waals surface area contributed by atoms with E-state index in [4.69, 9.17) is 12.2 Å². The number of hydrogen-bond donors (Lipinski definition) is 2. The Hall–Kier alpha value is -1.91. The summed E-state index contributed by atoms with van der Waals surface area (Å²) in [7, 11) is 0. The molecule has 1 saturated heterocycles. The van der Waals surface area contributed by atoms with Crippen LogP contribution in [0, 0.1) is 5.92 Å². The molecule has 1 unspecified atom stereocenters. The third-order valence-electron chi connectivity index (χ3n) is 4.98. The monoisotopic (exact) mass is 353 g/mol. The van der Waals surface area contributed by atoms with Gasteiger partial charge in [-0.15, -0.1) is 0 Å². The number of hydrogen-bond acceptors (Lipinski definition) is 2. The number of likely N-dealkylation sites (tertiary alicyclic amines) is 1. The quantitative estimate of drug-likeness (QED) is 0.785. The number of anilines is 1. The topological polar surface area (TPSA) is 27.3 Å². The van der Waals surface area contributed by atoms with Crippen LogP contribution in [-0.4, -0.2) is 29.1 Å². The Morgan fingerprint density at radius 1 is 1.04 bits per heavy atom. The first-order chi connectivity index (χ1) is 12.2. The molecule has 2 aromatic rings. The molecule has 132 valence electrons. The van der Waals surface area contributed by atoms with Gasteiger partial charge in [0.1, 0.15) is 0 Å². The summed E-state index contributed by atoms with van der Waals surface area (Å²) in [6, 6.07) is 21.2. The largest absolute Gasteiger partial charge is 0.360 e. The molecule has 1 atom stereocenters. The first kappa shape index (κ1) is 17.9. The second-order valence-electron chi connectivity index (χ2n) is 6.85. The minimum absolute atomic E-state index is 0.391. The van der Waals surface area contributed by atoms with Crippen molar-refractivity contribution in [2.45, 2.75) is 32.4 Å². The smallest absolute Gasteiger partial charge is 0.170 e. The van der Waals surface area contributed by atoms with E-state index in [1.54, 1.807) is 0 Å². The van der Waals surface area contributed by atoms with Crippen LogP contribution in [0.15, 0.2) is 60.7 Å². The molecular weight excluding hydrogens is 326 g/mol. The van der Waals surface area contributed by atoms with Crippen LogP contribution in [-0.2, 0) is 6.54 Å². The number of piperidine rings is 1. The van der Waals surface area contributed by atoms with Gasteiger partial charge in [-0.1, -0.05) is 48.5 Å². The van der Waals surface area contributed by atoms with Gasteiger partial charge in [0, 0.05) is 18.3 Å². The third kappa shape index (κ3) is 5.55. The Bertz CT molecular complexity index is 651. The van der Waals surface area contributed by atoms with Crippen LogP contribution in [0.1, 0.15) is 25.3 Å². The van der Waals surface area contributed by atoms with E-state index in [0.29, 0.717) is 17.1 Å². The van der Waals surface area contributed by atoms with Gasteiger partial charge in [0.05, 0.1) is 0 Å². The third-order valence-corrected chi connectivity index (χ3v) is 5.20. The molecule has 0 bridgehead atoms. The second kappa shape index (κ2) is 8.97. The zero-order valence-corrected chi connectivity index (χ0v) is 15.6. The van der Waals surface area contributed by atoms with Crippen LogP contribution in [0.3, 0.4) is 0 Å². The Labute approximate surface area is 156 Å². The van der Waals surface area contributed by atoms with Gasteiger partial charge in [-0.25, -0.2) is 0 Å². The molecule has 1 fully saturated rings. The number of nitrogens with one attached hydrogen (secondary N) is 2. The average molecular weight is 354 g/mol. The first-order valence-electron chi connectivity index (χ1n) is 9.09. The lowest BCUT2D eigenvalue weighted by molar-refractivity contribution is 0.161. The van der Waals surface area contributed by atoms with Crippen molar-refractivity contribution in [3.63, 3.8) is 0 Å². The fourth-order valence-electron chi connectivity index (χ4n) is 3.47. The number of rotatable bonds is 5. The summed E-state index contributed by atoms with van der Waals surface area (Å²) in [5.41, 5.74) is 2.44. The molecule has 0 spiro atoms. The molecule has 1 aliphatic rings. The van der Waals surface area contributed by atoms with Gasteiger partial charge in [0.15, 0.2) is 5.11 Å². The van der Waals surface area contributed by atoms with Crippen molar-refractivity contribution in [1.82, 2.24) is 10.2 Å². The molecule has 2 aromatic carbocycles. The van der Waals surface area contributed by atoms with Gasteiger partial charge >= 0.3 is 0 Å². The molecule has 2 N–H and O–H groups in total. The standard InChI is InChI=1S/C21H27N3S/c1-17(22-21(25)23-20-10-6-3-7-11-20)19-12-14-24(15-13-19)16-18-8-4-2-5-9-18/h2-11,17,19H,12-16H2,1H3,(H2,22,23,25). The van der Waals surface area contributed by atoms with Crippen LogP contribution in [0.4, 0.5) is 5.69 Å². The zero-order valence-electron chi connectivity index (χ0n) is 14.8. The van der Waals surface area contributed by atoms with Gasteiger partial charge in [-0.05, 0) is 68.7 Å². The van der Waals surface area contributed by atoms with Crippen molar-refractivity contribution in [1.29, 1.82) is 0 Å². The highest BCUT2D eigenvalue weighted by Crippen LogP contribution is 2.22. The summed E-state index contributed by atoms with van der Waals surface area (Å²) >= 11 is 5.46. The van der Waals surface area contributed by atoms with Gasteiger partial charge in [0.25, 0.3) is 0 Å². The van der Waals surface area contributed by atoms with Crippen LogP contribution < -0.4 is 10.6 Å². The number of benzene rings is 2. The van der Waals surface area contributed by atoms with Gasteiger partial charge < -0.3 is 10.6 Å². The number of para-hydroxylation sites is 1. The van der Waals surface area contributed by atoms with Crippen molar-refractivity contribution >= 4 is 23.0 Å². The predicted octanol–water partition coefficient (Wildman–Crippen LogP) is 4.27. The van der Waals surface area contributed by atoms with Crippen LogP contribution in [0.2, 0.25) is 0 Å². The molecule has 25 heavy (non-hydrogen) atoms. The van der Waals surface area contributed by atoms with E-state index in [1.807, 2.05) is 30.3 Å². The second-order valence-corrected chi connectivity index (χ2v) is 7.26. The molecular formula is C21H27N3S. The normalized spacial score (nSPS) is 17.0. The predicted molar refractivity (Wildman–Crippen MR) is 110 cm³/mol.